The molecular weight excluding hydrogens is 290 g/mol. The number of hydrogen-bond donors (Lipinski definition) is 1. The fourth-order valence-electron chi connectivity index (χ4n) is 2.60. The second kappa shape index (κ2) is 4.30. The quantitative estimate of drug-likeness (QED) is 0.749. The van der Waals surface area contributed by atoms with Gasteiger partial charge in [0, 0.05) is 11.3 Å². The van der Waals surface area contributed by atoms with E-state index in [2.05, 4.69) is 4.98 Å². The maximum absolute atomic E-state index is 6.25. The molecule has 0 radical (unpaired) electrons. The van der Waals surface area contributed by atoms with E-state index in [9.17, 15) is 0 Å². The molecule has 4 rings (SSSR count). The van der Waals surface area contributed by atoms with Crippen LogP contribution in [0.1, 0.15) is 5.69 Å². The number of nitrogens with zero attached hydrogens (tertiary/aromatic N) is 2. The van der Waals surface area contributed by atoms with E-state index in [0.717, 1.165) is 16.9 Å². The normalized spacial score (nSPS) is 13.0. The molecule has 0 atom stereocenters. The molecule has 0 unspecified atom stereocenters. The number of anilines is 1. The van der Waals surface area contributed by atoms with E-state index in [4.69, 9.17) is 26.8 Å². The number of fused-ring (bicyclic) bond motifs is 2. The van der Waals surface area contributed by atoms with Crippen LogP contribution in [-0.2, 0) is 0 Å². The number of aryl methyl sites for hydroxylation is 1. The van der Waals surface area contributed by atoms with Gasteiger partial charge in [0.25, 0.3) is 0 Å². The number of benzene rings is 1. The van der Waals surface area contributed by atoms with Gasteiger partial charge in [-0.2, -0.15) is 0 Å². The number of hydrogen-bond acceptors (Lipinski definition) is 4. The Morgan fingerprint density at radius 3 is 2.95 bits per heavy atom. The highest BCUT2D eigenvalue weighted by atomic mass is 35.5. The third kappa shape index (κ3) is 1.74. The predicted octanol–water partition coefficient (Wildman–Crippen LogP) is 3.27. The average Bonchev–Trinajstić information content (AvgIpc) is 3.04. The fraction of sp³-hybridized carbons (Fsp3) is 0.133. The maximum Gasteiger partial charge on any atom is 0.231 e. The molecule has 0 aliphatic carbocycles. The van der Waals surface area contributed by atoms with E-state index in [-0.39, 0.29) is 6.79 Å². The number of nitrogen functional groups attached to an aromatic ring is 1. The van der Waals surface area contributed by atoms with Crippen LogP contribution in [0.2, 0.25) is 5.02 Å². The average molecular weight is 302 g/mol. The number of ether oxygens (including phenoxy) is 2. The van der Waals surface area contributed by atoms with Gasteiger partial charge in [-0.1, -0.05) is 17.7 Å². The summed E-state index contributed by atoms with van der Waals surface area (Å²) in [6.45, 7) is 2.17. The van der Waals surface area contributed by atoms with Crippen molar-refractivity contribution in [2.24, 2.45) is 0 Å². The van der Waals surface area contributed by atoms with Gasteiger partial charge in [0.05, 0.1) is 5.02 Å². The molecule has 0 spiro atoms. The second-order valence-electron chi connectivity index (χ2n) is 4.90. The minimum atomic E-state index is 0.179. The van der Waals surface area contributed by atoms with Gasteiger partial charge in [0.15, 0.2) is 11.5 Å². The molecule has 5 nitrogen and oxygen atoms in total. The highest BCUT2D eigenvalue weighted by molar-refractivity contribution is 6.32. The largest absolute Gasteiger partial charge is 0.454 e. The summed E-state index contributed by atoms with van der Waals surface area (Å²) in [5, 5.41) is 0.494. The van der Waals surface area contributed by atoms with E-state index in [1.54, 1.807) is 6.07 Å². The zero-order valence-corrected chi connectivity index (χ0v) is 12.0. The standard InChI is InChI=1S/C15H12ClN3O2/c1-8-3-2-4-12-18-13(15(17)19(8)12)9-5-10(16)14-11(6-9)20-7-21-14/h2-6H,7,17H2,1H3. The van der Waals surface area contributed by atoms with Crippen LogP contribution in [0.5, 0.6) is 11.5 Å². The fourth-order valence-corrected chi connectivity index (χ4v) is 2.86. The minimum Gasteiger partial charge on any atom is -0.454 e. The van der Waals surface area contributed by atoms with E-state index in [1.807, 2.05) is 35.6 Å². The lowest BCUT2D eigenvalue weighted by molar-refractivity contribution is 0.174. The van der Waals surface area contributed by atoms with Crippen LogP contribution in [0.4, 0.5) is 5.82 Å². The second-order valence-corrected chi connectivity index (χ2v) is 5.31. The highest BCUT2D eigenvalue weighted by Gasteiger charge is 2.21. The number of halogens is 1. The van der Waals surface area contributed by atoms with Gasteiger partial charge in [0.1, 0.15) is 17.2 Å². The van der Waals surface area contributed by atoms with Crippen molar-refractivity contribution in [2.45, 2.75) is 6.92 Å². The molecule has 106 valence electrons. The van der Waals surface area contributed by atoms with E-state index in [0.29, 0.717) is 28.0 Å². The van der Waals surface area contributed by atoms with Crippen molar-refractivity contribution in [2.75, 3.05) is 12.5 Å². The Bertz CT molecular complexity index is 873. The minimum absolute atomic E-state index is 0.179. The zero-order valence-electron chi connectivity index (χ0n) is 11.3. The topological polar surface area (TPSA) is 61.8 Å². The van der Waals surface area contributed by atoms with E-state index < -0.39 is 0 Å². The summed E-state index contributed by atoms with van der Waals surface area (Å²) in [6, 6.07) is 9.50. The van der Waals surface area contributed by atoms with Crippen molar-refractivity contribution in [3.05, 3.63) is 41.0 Å². The smallest absolute Gasteiger partial charge is 0.231 e. The zero-order chi connectivity index (χ0) is 14.6. The maximum atomic E-state index is 6.25. The lowest BCUT2D eigenvalue weighted by Gasteiger charge is -2.04. The monoisotopic (exact) mass is 301 g/mol. The molecule has 1 aromatic carbocycles. The van der Waals surface area contributed by atoms with Crippen LogP contribution in [0, 0.1) is 6.92 Å². The van der Waals surface area contributed by atoms with Gasteiger partial charge < -0.3 is 15.2 Å². The summed E-state index contributed by atoms with van der Waals surface area (Å²) in [7, 11) is 0. The Hall–Kier alpha value is -2.40. The summed E-state index contributed by atoms with van der Waals surface area (Å²) < 4.78 is 12.6. The van der Waals surface area contributed by atoms with Crippen molar-refractivity contribution >= 4 is 23.1 Å². The van der Waals surface area contributed by atoms with Crippen LogP contribution < -0.4 is 15.2 Å². The number of rotatable bonds is 1. The van der Waals surface area contributed by atoms with Crippen LogP contribution in [-0.4, -0.2) is 16.2 Å². The lowest BCUT2D eigenvalue weighted by Crippen LogP contribution is -1.97. The molecule has 2 N–H and O–H groups in total. The predicted molar refractivity (Wildman–Crippen MR) is 80.9 cm³/mol. The number of aromatic nitrogens is 2. The molecule has 6 heteroatoms. The van der Waals surface area contributed by atoms with Crippen LogP contribution in [0.15, 0.2) is 30.3 Å². The van der Waals surface area contributed by atoms with Crippen molar-refractivity contribution in [3.63, 3.8) is 0 Å². The van der Waals surface area contributed by atoms with Crippen molar-refractivity contribution < 1.29 is 9.47 Å². The SMILES string of the molecule is Cc1cccc2nc(-c3cc(Cl)c4c(c3)OCO4)c(N)n12. The first-order valence-corrected chi connectivity index (χ1v) is 6.86. The Labute approximate surface area is 125 Å². The Morgan fingerprint density at radius 1 is 1.29 bits per heavy atom. The van der Waals surface area contributed by atoms with E-state index >= 15 is 0 Å². The van der Waals surface area contributed by atoms with E-state index in [1.165, 1.54) is 0 Å². The first-order chi connectivity index (χ1) is 10.1. The van der Waals surface area contributed by atoms with Crippen LogP contribution in [0.3, 0.4) is 0 Å². The summed E-state index contributed by atoms with van der Waals surface area (Å²) in [6.07, 6.45) is 0. The molecule has 1 aliphatic rings. The number of imidazole rings is 1. The van der Waals surface area contributed by atoms with Gasteiger partial charge in [0.2, 0.25) is 6.79 Å². The first kappa shape index (κ1) is 12.3. The highest BCUT2D eigenvalue weighted by Crippen LogP contribution is 2.43. The van der Waals surface area contributed by atoms with Gasteiger partial charge in [-0.3, -0.25) is 4.40 Å². The van der Waals surface area contributed by atoms with Gasteiger partial charge >= 0.3 is 0 Å². The van der Waals surface area contributed by atoms with Gasteiger partial charge in [-0.05, 0) is 31.2 Å². The summed E-state index contributed by atoms with van der Waals surface area (Å²) in [5.41, 5.74) is 9.57. The van der Waals surface area contributed by atoms with Crippen LogP contribution in [0.25, 0.3) is 16.9 Å². The molecule has 2 aromatic heterocycles. The molecule has 21 heavy (non-hydrogen) atoms. The van der Waals surface area contributed by atoms with Crippen molar-refractivity contribution in [1.82, 2.24) is 9.38 Å². The lowest BCUT2D eigenvalue weighted by atomic mass is 10.1. The molecule has 0 amide bonds. The summed E-state index contributed by atoms with van der Waals surface area (Å²) in [4.78, 5) is 4.59. The number of nitrogens with two attached hydrogens (primary N) is 1. The van der Waals surface area contributed by atoms with Gasteiger partial charge in [-0.25, -0.2) is 4.98 Å². The van der Waals surface area contributed by atoms with Crippen molar-refractivity contribution in [3.8, 4) is 22.8 Å². The van der Waals surface area contributed by atoms with Gasteiger partial charge in [-0.15, -0.1) is 0 Å². The Kier molecular flexibility index (Phi) is 2.53. The Balaban J connectivity index is 1.97. The number of pyridine rings is 1. The molecule has 0 saturated carbocycles. The molecule has 3 heterocycles. The van der Waals surface area contributed by atoms with Crippen molar-refractivity contribution in [1.29, 1.82) is 0 Å². The molecule has 0 saturated heterocycles. The molecular formula is C15H12ClN3O2. The Morgan fingerprint density at radius 2 is 2.14 bits per heavy atom. The molecule has 0 bridgehead atoms. The first-order valence-electron chi connectivity index (χ1n) is 6.48. The third-order valence-electron chi connectivity index (χ3n) is 3.58. The van der Waals surface area contributed by atoms with Crippen LogP contribution >= 0.6 is 11.6 Å². The third-order valence-corrected chi connectivity index (χ3v) is 3.86. The molecule has 3 aromatic rings. The summed E-state index contributed by atoms with van der Waals surface area (Å²) in [5.74, 6) is 1.77. The summed E-state index contributed by atoms with van der Waals surface area (Å²) >= 11 is 6.23. The molecule has 1 aliphatic heterocycles. The molecule has 0 fully saturated rings.